The lowest BCUT2D eigenvalue weighted by molar-refractivity contribution is -0.126. The Labute approximate surface area is 164 Å². The van der Waals surface area contributed by atoms with Crippen LogP contribution in [0.1, 0.15) is 12.8 Å². The minimum absolute atomic E-state index is 0. The maximum atomic E-state index is 13.1. The molecule has 9 heteroatoms. The molecule has 0 bridgehead atoms. The molecule has 0 atom stereocenters. The van der Waals surface area contributed by atoms with Crippen molar-refractivity contribution in [1.82, 2.24) is 24.6 Å². The molecule has 1 fully saturated rings. The molecule has 1 amide bonds. The molecule has 1 saturated heterocycles. The van der Waals surface area contributed by atoms with Gasteiger partial charge in [0.05, 0.1) is 17.4 Å². The van der Waals surface area contributed by atoms with E-state index in [0.717, 1.165) is 29.8 Å². The quantitative estimate of drug-likeness (QED) is 0.711. The number of anilines is 1. The molecule has 7 nitrogen and oxygen atoms in total. The highest BCUT2D eigenvalue weighted by molar-refractivity contribution is 5.98. The summed E-state index contributed by atoms with van der Waals surface area (Å²) in [5.74, 6) is -0.0250. The monoisotopic (exact) mass is 396 g/mol. The number of hydrogen-bond donors (Lipinski definition) is 2. The van der Waals surface area contributed by atoms with Gasteiger partial charge in [-0.3, -0.25) is 9.48 Å². The molecule has 2 N–H and O–H groups in total. The Hall–Kier alpha value is -2.09. The largest absolute Gasteiger partial charge is 0.334 e. The zero-order valence-corrected chi connectivity index (χ0v) is 16.0. The maximum absolute atomic E-state index is 13.1. The van der Waals surface area contributed by atoms with E-state index in [4.69, 9.17) is 0 Å². The molecule has 1 aromatic carbocycles. The van der Waals surface area contributed by atoms with Gasteiger partial charge in [0.15, 0.2) is 0 Å². The van der Waals surface area contributed by atoms with Gasteiger partial charge < -0.3 is 15.2 Å². The van der Waals surface area contributed by atoms with Crippen LogP contribution in [0, 0.1) is 0 Å². The molecule has 0 aliphatic carbocycles. The van der Waals surface area contributed by atoms with Gasteiger partial charge in [-0.15, -0.1) is 24.8 Å². The van der Waals surface area contributed by atoms with Crippen LogP contribution in [0.25, 0.3) is 11.0 Å². The standard InChI is InChI=1S/C17H20N6O.2ClH/c1-22-12-19-14-11-13(3-4-15(14)22)21-16(24)17(5-8-18-9-6-17)23-10-2-7-20-23;;/h2-4,7,10-12,18H,5-6,8-9H2,1H3,(H,21,24);2*1H. The van der Waals surface area contributed by atoms with Crippen LogP contribution in [0.4, 0.5) is 5.69 Å². The topological polar surface area (TPSA) is 76.8 Å². The summed E-state index contributed by atoms with van der Waals surface area (Å²) in [7, 11) is 1.95. The van der Waals surface area contributed by atoms with Gasteiger partial charge >= 0.3 is 0 Å². The van der Waals surface area contributed by atoms with Crippen LogP contribution in [-0.4, -0.2) is 38.3 Å². The van der Waals surface area contributed by atoms with Gasteiger partial charge in [-0.25, -0.2) is 4.98 Å². The van der Waals surface area contributed by atoms with Crippen LogP contribution in [0.2, 0.25) is 0 Å². The van der Waals surface area contributed by atoms with Gasteiger partial charge in [-0.1, -0.05) is 0 Å². The molecule has 2 aromatic heterocycles. The summed E-state index contributed by atoms with van der Waals surface area (Å²) in [6.07, 6.45) is 6.79. The Kier molecular flexibility index (Phi) is 6.28. The second-order valence-electron chi connectivity index (χ2n) is 6.25. The van der Waals surface area contributed by atoms with E-state index >= 15 is 0 Å². The van der Waals surface area contributed by atoms with Gasteiger partial charge in [0.2, 0.25) is 0 Å². The van der Waals surface area contributed by atoms with E-state index in [1.54, 1.807) is 17.2 Å². The molecule has 0 radical (unpaired) electrons. The Balaban J connectivity index is 0.00000121. The number of rotatable bonds is 3. The number of nitrogens with zero attached hydrogens (tertiary/aromatic N) is 4. The van der Waals surface area contributed by atoms with Crippen molar-refractivity contribution in [2.45, 2.75) is 18.4 Å². The average Bonchev–Trinajstić information content (AvgIpc) is 3.26. The fraction of sp³-hybridized carbons (Fsp3) is 0.353. The van der Waals surface area contributed by atoms with E-state index in [9.17, 15) is 4.79 Å². The van der Waals surface area contributed by atoms with E-state index in [-0.39, 0.29) is 30.7 Å². The van der Waals surface area contributed by atoms with E-state index in [2.05, 4.69) is 20.7 Å². The van der Waals surface area contributed by atoms with Crippen LogP contribution in [-0.2, 0) is 17.4 Å². The lowest BCUT2D eigenvalue weighted by Gasteiger charge is -2.36. The molecule has 0 saturated carbocycles. The Morgan fingerprint density at radius 2 is 2.04 bits per heavy atom. The zero-order valence-electron chi connectivity index (χ0n) is 14.4. The minimum atomic E-state index is -0.645. The van der Waals surface area contributed by atoms with Crippen molar-refractivity contribution < 1.29 is 4.79 Å². The third-order valence-electron chi connectivity index (χ3n) is 4.78. The minimum Gasteiger partial charge on any atom is -0.334 e. The fourth-order valence-electron chi connectivity index (χ4n) is 3.38. The first kappa shape index (κ1) is 20.2. The number of piperidine rings is 1. The number of carbonyl (C=O) groups is 1. The number of fused-ring (bicyclic) bond motifs is 1. The maximum Gasteiger partial charge on any atom is 0.252 e. The first-order chi connectivity index (χ1) is 11.7. The van der Waals surface area contributed by atoms with Gasteiger partial charge in [-0.2, -0.15) is 5.10 Å². The Bertz CT molecular complexity index is 871. The van der Waals surface area contributed by atoms with Crippen LogP contribution in [0.15, 0.2) is 43.0 Å². The van der Waals surface area contributed by atoms with Crippen molar-refractivity contribution in [3.63, 3.8) is 0 Å². The van der Waals surface area contributed by atoms with Crippen LogP contribution >= 0.6 is 24.8 Å². The van der Waals surface area contributed by atoms with Gasteiger partial charge in [0, 0.05) is 25.1 Å². The normalized spacial score (nSPS) is 15.7. The highest BCUT2D eigenvalue weighted by Gasteiger charge is 2.42. The zero-order chi connectivity index (χ0) is 16.6. The van der Waals surface area contributed by atoms with Crippen molar-refractivity contribution in [1.29, 1.82) is 0 Å². The summed E-state index contributed by atoms with van der Waals surface area (Å²) >= 11 is 0. The summed E-state index contributed by atoms with van der Waals surface area (Å²) in [6.45, 7) is 1.60. The van der Waals surface area contributed by atoms with E-state index in [0.29, 0.717) is 12.8 Å². The highest BCUT2D eigenvalue weighted by Crippen LogP contribution is 2.29. The van der Waals surface area contributed by atoms with Gasteiger partial charge in [0.25, 0.3) is 5.91 Å². The number of halogens is 2. The van der Waals surface area contributed by atoms with Crippen LogP contribution in [0.5, 0.6) is 0 Å². The molecule has 3 aromatic rings. The molecule has 1 aliphatic rings. The van der Waals surface area contributed by atoms with Crippen LogP contribution in [0.3, 0.4) is 0 Å². The number of aryl methyl sites for hydroxylation is 1. The summed E-state index contributed by atoms with van der Waals surface area (Å²) in [5, 5.41) is 10.7. The molecule has 1 aliphatic heterocycles. The number of aromatic nitrogens is 4. The SMILES string of the molecule is Cl.Cl.Cn1cnc2cc(NC(=O)C3(n4cccn4)CCNCC3)ccc21. The summed E-state index contributed by atoms with van der Waals surface area (Å²) < 4.78 is 3.75. The number of imidazole rings is 1. The van der Waals surface area contributed by atoms with Crippen molar-refractivity contribution in [3.8, 4) is 0 Å². The third-order valence-corrected chi connectivity index (χ3v) is 4.78. The van der Waals surface area contributed by atoms with E-state index < -0.39 is 5.54 Å². The van der Waals surface area contributed by atoms with Crippen molar-refractivity contribution >= 4 is 47.4 Å². The molecular weight excluding hydrogens is 375 g/mol. The Morgan fingerprint density at radius 1 is 1.27 bits per heavy atom. The summed E-state index contributed by atoms with van der Waals surface area (Å²) in [4.78, 5) is 17.5. The number of carbonyl (C=O) groups excluding carboxylic acids is 1. The number of hydrogen-bond acceptors (Lipinski definition) is 4. The molecule has 26 heavy (non-hydrogen) atoms. The lowest BCUT2D eigenvalue weighted by atomic mass is 9.87. The smallest absolute Gasteiger partial charge is 0.252 e. The van der Waals surface area contributed by atoms with Gasteiger partial charge in [0.1, 0.15) is 5.54 Å². The Morgan fingerprint density at radius 3 is 2.73 bits per heavy atom. The second-order valence-corrected chi connectivity index (χ2v) is 6.25. The molecule has 3 heterocycles. The molecule has 140 valence electrons. The molecule has 0 spiro atoms. The molecule has 4 rings (SSSR count). The predicted molar refractivity (Wildman–Crippen MR) is 106 cm³/mol. The molecular formula is C17H22Cl2N6O. The number of benzene rings is 1. The molecule has 0 unspecified atom stereocenters. The van der Waals surface area contributed by atoms with E-state index in [1.165, 1.54) is 0 Å². The highest BCUT2D eigenvalue weighted by atomic mass is 35.5. The summed E-state index contributed by atoms with van der Waals surface area (Å²) in [5.41, 5.74) is 2.02. The average molecular weight is 397 g/mol. The van der Waals surface area contributed by atoms with Crippen molar-refractivity contribution in [2.75, 3.05) is 18.4 Å². The van der Waals surface area contributed by atoms with Gasteiger partial charge in [-0.05, 0) is 50.2 Å². The third kappa shape index (κ3) is 3.42. The predicted octanol–water partition coefficient (Wildman–Crippen LogP) is 2.33. The van der Waals surface area contributed by atoms with Crippen LogP contribution < -0.4 is 10.6 Å². The fourth-order valence-corrected chi connectivity index (χ4v) is 3.38. The first-order valence-electron chi connectivity index (χ1n) is 8.12. The lowest BCUT2D eigenvalue weighted by Crippen LogP contribution is -2.52. The number of nitrogens with one attached hydrogen (secondary N) is 2. The van der Waals surface area contributed by atoms with E-state index in [1.807, 2.05) is 42.1 Å². The summed E-state index contributed by atoms with van der Waals surface area (Å²) in [6, 6.07) is 7.66. The first-order valence-corrected chi connectivity index (χ1v) is 8.12. The second kappa shape index (κ2) is 8.07. The number of amides is 1. The van der Waals surface area contributed by atoms with Crippen molar-refractivity contribution in [3.05, 3.63) is 43.0 Å². The van der Waals surface area contributed by atoms with Crippen molar-refractivity contribution in [2.24, 2.45) is 7.05 Å².